The molecule has 1 aliphatic heterocycles. The van der Waals surface area contributed by atoms with Crippen LogP contribution in [-0.4, -0.2) is 34.0 Å². The van der Waals surface area contributed by atoms with Crippen LogP contribution in [0.5, 0.6) is 5.75 Å². The zero-order valence-electron chi connectivity index (χ0n) is 19.7. The largest absolute Gasteiger partial charge is 0.507 e. The maximum atomic E-state index is 14.7. The average Bonchev–Trinajstić information content (AvgIpc) is 3.52. The molecule has 1 saturated heterocycles. The summed E-state index contributed by atoms with van der Waals surface area (Å²) in [6.07, 6.45) is 1.76. The van der Waals surface area contributed by atoms with Crippen molar-refractivity contribution in [3.63, 3.8) is 0 Å². The Morgan fingerprint density at radius 3 is 2.33 bits per heavy atom. The Balaban J connectivity index is 1.68. The molecule has 4 aromatic rings. The van der Waals surface area contributed by atoms with Crippen molar-refractivity contribution in [3.05, 3.63) is 83.1 Å². The van der Waals surface area contributed by atoms with Crippen LogP contribution in [0.3, 0.4) is 0 Å². The first-order chi connectivity index (χ1) is 17.3. The molecule has 2 heterocycles. The molecule has 0 spiro atoms. The number of hydrogen-bond acceptors (Lipinski definition) is 3. The van der Waals surface area contributed by atoms with Gasteiger partial charge in [0.2, 0.25) is 0 Å². The Morgan fingerprint density at radius 1 is 1.00 bits per heavy atom. The number of nitrogens with zero attached hydrogens (tertiary/aromatic N) is 1. The summed E-state index contributed by atoms with van der Waals surface area (Å²) < 4.78 is 36.5. The number of aryl methyl sites for hydroxylation is 1. The summed E-state index contributed by atoms with van der Waals surface area (Å²) >= 11 is 0. The first-order valence-electron chi connectivity index (χ1n) is 12.1. The number of fused-ring (bicyclic) bond motifs is 2. The molecule has 0 amide bonds. The highest BCUT2D eigenvalue weighted by Crippen LogP contribution is 2.52. The van der Waals surface area contributed by atoms with Gasteiger partial charge in [0.1, 0.15) is 17.4 Å². The van der Waals surface area contributed by atoms with Gasteiger partial charge >= 0.3 is 5.97 Å². The summed E-state index contributed by atoms with van der Waals surface area (Å²) in [6, 6.07) is 13.8. The fourth-order valence-corrected chi connectivity index (χ4v) is 6.10. The van der Waals surface area contributed by atoms with Crippen LogP contribution in [-0.2, 0) is 4.74 Å². The Labute approximate surface area is 206 Å². The summed E-state index contributed by atoms with van der Waals surface area (Å²) in [5, 5.41) is 20.9. The number of ether oxygens (including phenoxy) is 1. The number of halogens is 2. The highest BCUT2D eigenvalue weighted by Gasteiger charge is 2.41. The van der Waals surface area contributed by atoms with Crippen LogP contribution >= 0.6 is 0 Å². The topological polar surface area (TPSA) is 71.7 Å². The van der Waals surface area contributed by atoms with Gasteiger partial charge in [0.05, 0.1) is 16.5 Å². The Hall–Kier alpha value is -3.71. The van der Waals surface area contributed by atoms with Crippen LogP contribution < -0.4 is 0 Å². The van der Waals surface area contributed by atoms with E-state index >= 15 is 0 Å². The zero-order valence-corrected chi connectivity index (χ0v) is 19.7. The molecule has 6 rings (SSSR count). The molecular weight excluding hydrogens is 464 g/mol. The van der Waals surface area contributed by atoms with E-state index in [1.807, 2.05) is 4.57 Å². The fourth-order valence-electron chi connectivity index (χ4n) is 6.10. The normalized spacial score (nSPS) is 19.8. The van der Waals surface area contributed by atoms with Gasteiger partial charge in [0, 0.05) is 42.1 Å². The Bertz CT molecular complexity index is 1500. The number of aromatic carboxylic acids is 1. The van der Waals surface area contributed by atoms with E-state index in [0.717, 1.165) is 35.7 Å². The second-order valence-electron chi connectivity index (χ2n) is 9.96. The maximum Gasteiger partial charge on any atom is 0.335 e. The van der Waals surface area contributed by atoms with Crippen molar-refractivity contribution in [2.45, 2.75) is 25.7 Å². The molecule has 7 heteroatoms. The Kier molecular flexibility index (Phi) is 5.34. The molecular formula is C29H25F2NO4. The predicted octanol–water partition coefficient (Wildman–Crippen LogP) is 6.43. The van der Waals surface area contributed by atoms with Gasteiger partial charge in [-0.2, -0.15) is 0 Å². The molecule has 0 bridgehead atoms. The van der Waals surface area contributed by atoms with Gasteiger partial charge in [-0.1, -0.05) is 12.1 Å². The summed E-state index contributed by atoms with van der Waals surface area (Å²) in [5.41, 5.74) is 4.17. The number of phenolic OH excluding ortho intramolecular Hbond substituents is 1. The summed E-state index contributed by atoms with van der Waals surface area (Å²) in [6.45, 7) is 3.10. The minimum Gasteiger partial charge on any atom is -0.507 e. The third-order valence-corrected chi connectivity index (χ3v) is 7.76. The third-order valence-electron chi connectivity index (χ3n) is 7.76. The molecule has 5 nitrogen and oxygen atoms in total. The van der Waals surface area contributed by atoms with Crippen LogP contribution in [0.4, 0.5) is 8.78 Å². The van der Waals surface area contributed by atoms with E-state index in [1.165, 1.54) is 24.3 Å². The van der Waals surface area contributed by atoms with Crippen molar-refractivity contribution >= 4 is 16.9 Å². The highest BCUT2D eigenvalue weighted by molar-refractivity contribution is 6.03. The molecule has 1 saturated carbocycles. The molecule has 2 fully saturated rings. The van der Waals surface area contributed by atoms with E-state index in [4.69, 9.17) is 4.74 Å². The molecule has 1 aliphatic carbocycles. The maximum absolute atomic E-state index is 14.7. The van der Waals surface area contributed by atoms with Crippen LogP contribution in [0, 0.1) is 30.4 Å². The number of carbonyl (C=O) groups is 1. The van der Waals surface area contributed by atoms with E-state index in [1.54, 1.807) is 31.2 Å². The lowest BCUT2D eigenvalue weighted by Gasteiger charge is -2.20. The van der Waals surface area contributed by atoms with Gasteiger partial charge in [0.15, 0.2) is 0 Å². The van der Waals surface area contributed by atoms with Gasteiger partial charge in [-0.3, -0.25) is 0 Å². The number of aromatic hydroxyl groups is 1. The van der Waals surface area contributed by atoms with Gasteiger partial charge in [0.25, 0.3) is 0 Å². The summed E-state index contributed by atoms with van der Waals surface area (Å²) in [5.74, 6) is -1.19. The van der Waals surface area contributed by atoms with E-state index in [2.05, 4.69) is 0 Å². The number of carboxylic acids is 1. The van der Waals surface area contributed by atoms with Crippen molar-refractivity contribution in [2.75, 3.05) is 13.2 Å². The monoisotopic (exact) mass is 489 g/mol. The SMILES string of the molecule is Cc1cc(-n2c(C3C[C@@H]4COC[C@H]4C3)c(-c3ccc(C(=O)O)cc3)c3c(O)cc(F)cc32)ccc1F. The smallest absolute Gasteiger partial charge is 0.335 e. The molecule has 0 unspecified atom stereocenters. The lowest BCUT2D eigenvalue weighted by molar-refractivity contribution is 0.0697. The van der Waals surface area contributed by atoms with Crippen molar-refractivity contribution in [1.29, 1.82) is 0 Å². The van der Waals surface area contributed by atoms with Crippen molar-refractivity contribution in [3.8, 4) is 22.6 Å². The van der Waals surface area contributed by atoms with Crippen LogP contribution in [0.25, 0.3) is 27.7 Å². The Morgan fingerprint density at radius 2 is 1.69 bits per heavy atom. The van der Waals surface area contributed by atoms with Crippen molar-refractivity contribution < 1.29 is 28.5 Å². The van der Waals surface area contributed by atoms with E-state index < -0.39 is 11.8 Å². The standard InChI is InChI=1S/C29H25F2NO4/c1-15-8-22(6-7-23(15)31)32-24-11-21(30)12-25(33)27(24)26(16-2-4-17(5-3-16)29(34)35)28(32)18-9-19-13-36-14-20(19)10-18/h2-8,11-12,18-20,33H,9-10,13-14H2,1H3,(H,34,35)/t19-,20-/m1/s1. The van der Waals surface area contributed by atoms with E-state index in [9.17, 15) is 23.8 Å². The minimum absolute atomic E-state index is 0.0956. The fraction of sp³-hybridized carbons (Fsp3) is 0.276. The second-order valence-corrected chi connectivity index (χ2v) is 9.96. The van der Waals surface area contributed by atoms with Gasteiger partial charge in [-0.25, -0.2) is 13.6 Å². The number of carboxylic acid groups (broad SMARTS) is 1. The molecule has 184 valence electrons. The molecule has 1 aromatic heterocycles. The van der Waals surface area contributed by atoms with Crippen molar-refractivity contribution in [1.82, 2.24) is 4.57 Å². The van der Waals surface area contributed by atoms with Gasteiger partial charge < -0.3 is 19.5 Å². The molecule has 2 N–H and O–H groups in total. The molecule has 2 aliphatic rings. The van der Waals surface area contributed by atoms with Crippen LogP contribution in [0.1, 0.15) is 40.4 Å². The lowest BCUT2D eigenvalue weighted by Crippen LogP contribution is -2.08. The summed E-state index contributed by atoms with van der Waals surface area (Å²) in [7, 11) is 0. The van der Waals surface area contributed by atoms with Gasteiger partial charge in [-0.15, -0.1) is 0 Å². The molecule has 3 aromatic carbocycles. The number of aromatic nitrogens is 1. The van der Waals surface area contributed by atoms with Crippen LogP contribution in [0.15, 0.2) is 54.6 Å². The third kappa shape index (κ3) is 3.57. The van der Waals surface area contributed by atoms with E-state index in [-0.39, 0.29) is 23.0 Å². The lowest BCUT2D eigenvalue weighted by atomic mass is 9.92. The molecule has 36 heavy (non-hydrogen) atoms. The quantitative estimate of drug-likeness (QED) is 0.347. The number of phenols is 1. The summed E-state index contributed by atoms with van der Waals surface area (Å²) in [4.78, 5) is 11.5. The average molecular weight is 490 g/mol. The highest BCUT2D eigenvalue weighted by atomic mass is 19.1. The number of benzene rings is 3. The minimum atomic E-state index is -1.03. The predicted molar refractivity (Wildman–Crippen MR) is 132 cm³/mol. The number of hydrogen-bond donors (Lipinski definition) is 2. The first-order valence-corrected chi connectivity index (χ1v) is 12.1. The molecule has 2 atom stereocenters. The first kappa shape index (κ1) is 22.7. The van der Waals surface area contributed by atoms with Crippen molar-refractivity contribution in [2.24, 2.45) is 11.8 Å². The van der Waals surface area contributed by atoms with Crippen LogP contribution in [0.2, 0.25) is 0 Å². The van der Waals surface area contributed by atoms with Gasteiger partial charge in [-0.05, 0) is 79.1 Å². The zero-order chi connectivity index (χ0) is 25.1. The van der Waals surface area contributed by atoms with E-state index in [0.29, 0.717) is 47.2 Å². The second kappa shape index (κ2) is 8.45. The molecule has 0 radical (unpaired) electrons. The number of rotatable bonds is 4.